The van der Waals surface area contributed by atoms with Crippen LogP contribution in [0.2, 0.25) is 0 Å². The molecule has 1 N–H and O–H groups in total. The van der Waals surface area contributed by atoms with Crippen molar-refractivity contribution in [2.75, 3.05) is 0 Å². The Balaban J connectivity index is 2.06. The van der Waals surface area contributed by atoms with Crippen LogP contribution in [0.4, 0.5) is 0 Å². The zero-order chi connectivity index (χ0) is 13.4. The molecular weight excluding hydrogens is 260 g/mol. The molecule has 2 aromatic heterocycles. The van der Waals surface area contributed by atoms with Crippen LogP contribution in [-0.4, -0.2) is 20.6 Å². The molecule has 3 rings (SSSR count). The van der Waals surface area contributed by atoms with E-state index < -0.39 is 5.97 Å². The van der Waals surface area contributed by atoms with Crippen LogP contribution < -0.4 is 0 Å². The summed E-state index contributed by atoms with van der Waals surface area (Å²) in [6.45, 7) is 2.79. The van der Waals surface area contributed by atoms with Gasteiger partial charge in [-0.15, -0.1) is 11.3 Å². The minimum absolute atomic E-state index is 0.249. The molecule has 1 aromatic carbocycles. The van der Waals surface area contributed by atoms with Gasteiger partial charge < -0.3 is 9.67 Å². The van der Waals surface area contributed by atoms with Gasteiger partial charge in [0.1, 0.15) is 5.52 Å². The van der Waals surface area contributed by atoms with E-state index in [1.165, 1.54) is 9.75 Å². The molecule has 0 aliphatic carbocycles. The van der Waals surface area contributed by atoms with E-state index in [-0.39, 0.29) is 5.56 Å². The van der Waals surface area contributed by atoms with Crippen molar-refractivity contribution in [2.45, 2.75) is 13.5 Å². The van der Waals surface area contributed by atoms with Gasteiger partial charge in [0.25, 0.3) is 0 Å². The molecule has 0 spiro atoms. The van der Waals surface area contributed by atoms with E-state index in [0.717, 1.165) is 12.1 Å². The van der Waals surface area contributed by atoms with Crippen LogP contribution in [0.15, 0.2) is 36.7 Å². The molecule has 0 unspecified atom stereocenters. The summed E-state index contributed by atoms with van der Waals surface area (Å²) in [6.07, 6.45) is 1.70. The fraction of sp³-hybridized carbons (Fsp3) is 0.143. The highest BCUT2D eigenvalue weighted by molar-refractivity contribution is 7.11. The van der Waals surface area contributed by atoms with E-state index in [4.69, 9.17) is 5.11 Å². The smallest absolute Gasteiger partial charge is 0.337 e. The second kappa shape index (κ2) is 4.51. The number of benzene rings is 1. The van der Waals surface area contributed by atoms with Gasteiger partial charge in [0.15, 0.2) is 0 Å². The highest BCUT2D eigenvalue weighted by atomic mass is 32.1. The van der Waals surface area contributed by atoms with Gasteiger partial charge in [0.2, 0.25) is 0 Å². The zero-order valence-electron chi connectivity index (χ0n) is 10.3. The third kappa shape index (κ3) is 2.13. The van der Waals surface area contributed by atoms with E-state index in [9.17, 15) is 4.79 Å². The van der Waals surface area contributed by atoms with Gasteiger partial charge in [-0.2, -0.15) is 0 Å². The average Bonchev–Trinajstić information content (AvgIpc) is 2.97. The summed E-state index contributed by atoms with van der Waals surface area (Å²) < 4.78 is 1.98. The number of hydrogen-bond acceptors (Lipinski definition) is 3. The topological polar surface area (TPSA) is 55.1 Å². The lowest BCUT2D eigenvalue weighted by molar-refractivity contribution is 0.0699. The molecule has 0 bridgehead atoms. The van der Waals surface area contributed by atoms with E-state index in [1.54, 1.807) is 29.8 Å². The monoisotopic (exact) mass is 272 g/mol. The third-order valence-electron chi connectivity index (χ3n) is 3.00. The minimum atomic E-state index is -0.942. The highest BCUT2D eigenvalue weighted by Gasteiger charge is 2.12. The molecule has 0 fully saturated rings. The number of carbonyl (C=O) groups is 1. The Labute approximate surface area is 113 Å². The lowest BCUT2D eigenvalue weighted by Gasteiger charge is -2.02. The molecule has 0 aliphatic heterocycles. The van der Waals surface area contributed by atoms with Crippen LogP contribution in [0.3, 0.4) is 0 Å². The van der Waals surface area contributed by atoms with Gasteiger partial charge in [-0.25, -0.2) is 9.78 Å². The Hall–Kier alpha value is -2.14. The van der Waals surface area contributed by atoms with E-state index in [2.05, 4.69) is 24.0 Å². The Morgan fingerprint density at radius 3 is 2.89 bits per heavy atom. The van der Waals surface area contributed by atoms with Crippen LogP contribution in [0.5, 0.6) is 0 Å². The summed E-state index contributed by atoms with van der Waals surface area (Å²) in [7, 11) is 0. The van der Waals surface area contributed by atoms with E-state index >= 15 is 0 Å². The molecule has 0 saturated heterocycles. The number of carboxylic acid groups (broad SMARTS) is 1. The number of thiophene rings is 1. The maximum Gasteiger partial charge on any atom is 0.337 e. The molecular formula is C14H12N2O2S. The number of carboxylic acids is 1. The molecule has 0 saturated carbocycles. The Bertz CT molecular complexity index is 758. The molecule has 4 nitrogen and oxygen atoms in total. The minimum Gasteiger partial charge on any atom is -0.478 e. The first-order valence-electron chi connectivity index (χ1n) is 5.87. The van der Waals surface area contributed by atoms with E-state index in [0.29, 0.717) is 5.52 Å². The summed E-state index contributed by atoms with van der Waals surface area (Å²) in [4.78, 5) is 17.9. The number of imidazole rings is 1. The number of nitrogens with zero attached hydrogens (tertiary/aromatic N) is 2. The maximum absolute atomic E-state index is 11.1. The molecule has 19 heavy (non-hydrogen) atoms. The maximum atomic E-state index is 11.1. The standard InChI is InChI=1S/C14H12N2O2S/c1-9-5-6-10(19-9)7-16-8-15-13-11(14(17)18)3-2-4-12(13)16/h2-6,8H,7H2,1H3,(H,17,18). The number of aryl methyl sites for hydroxylation is 1. The van der Waals surface area contributed by atoms with Gasteiger partial charge >= 0.3 is 5.97 Å². The summed E-state index contributed by atoms with van der Waals surface area (Å²) in [5, 5.41) is 9.14. The van der Waals surface area contributed by atoms with Crippen LogP contribution in [0.1, 0.15) is 20.1 Å². The van der Waals surface area contributed by atoms with Crippen molar-refractivity contribution in [3.8, 4) is 0 Å². The number of rotatable bonds is 3. The van der Waals surface area contributed by atoms with Gasteiger partial charge in [-0.3, -0.25) is 0 Å². The molecule has 96 valence electrons. The van der Waals surface area contributed by atoms with Crippen LogP contribution in [0.25, 0.3) is 11.0 Å². The van der Waals surface area contributed by atoms with Crippen molar-refractivity contribution >= 4 is 28.3 Å². The number of para-hydroxylation sites is 1. The fourth-order valence-corrected chi connectivity index (χ4v) is 3.01. The first kappa shape index (κ1) is 11.9. The lowest BCUT2D eigenvalue weighted by Crippen LogP contribution is -1.99. The van der Waals surface area contributed by atoms with Crippen molar-refractivity contribution in [3.05, 3.63) is 52.0 Å². The van der Waals surface area contributed by atoms with Crippen LogP contribution >= 0.6 is 11.3 Å². The summed E-state index contributed by atoms with van der Waals surface area (Å²) in [6, 6.07) is 9.41. The van der Waals surface area contributed by atoms with Crippen molar-refractivity contribution in [3.63, 3.8) is 0 Å². The van der Waals surface area contributed by atoms with Crippen LogP contribution in [0, 0.1) is 6.92 Å². The summed E-state index contributed by atoms with van der Waals surface area (Å²) in [5.41, 5.74) is 1.65. The van der Waals surface area contributed by atoms with Gasteiger partial charge in [-0.05, 0) is 31.2 Å². The molecule has 0 atom stereocenters. The zero-order valence-corrected chi connectivity index (χ0v) is 11.1. The van der Waals surface area contributed by atoms with Gasteiger partial charge in [-0.1, -0.05) is 6.07 Å². The summed E-state index contributed by atoms with van der Waals surface area (Å²) in [5.74, 6) is -0.942. The van der Waals surface area contributed by atoms with Crippen LogP contribution in [-0.2, 0) is 6.54 Å². The second-order valence-corrected chi connectivity index (χ2v) is 5.74. The highest BCUT2D eigenvalue weighted by Crippen LogP contribution is 2.21. The van der Waals surface area contributed by atoms with Crippen molar-refractivity contribution in [2.24, 2.45) is 0 Å². The Morgan fingerprint density at radius 2 is 2.21 bits per heavy atom. The van der Waals surface area contributed by atoms with Crippen molar-refractivity contribution < 1.29 is 9.90 Å². The predicted molar refractivity (Wildman–Crippen MR) is 74.9 cm³/mol. The summed E-state index contributed by atoms with van der Waals surface area (Å²) >= 11 is 1.74. The van der Waals surface area contributed by atoms with Crippen molar-refractivity contribution in [1.82, 2.24) is 9.55 Å². The van der Waals surface area contributed by atoms with Gasteiger partial charge in [0, 0.05) is 9.75 Å². The molecule has 0 radical (unpaired) electrons. The number of aromatic carboxylic acids is 1. The SMILES string of the molecule is Cc1ccc(Cn2cnc3c(C(=O)O)cccc32)s1. The van der Waals surface area contributed by atoms with E-state index in [1.807, 2.05) is 10.6 Å². The molecule has 0 amide bonds. The molecule has 5 heteroatoms. The quantitative estimate of drug-likeness (QED) is 0.796. The average molecular weight is 272 g/mol. The van der Waals surface area contributed by atoms with Gasteiger partial charge in [0.05, 0.1) is 24.0 Å². The molecule has 3 aromatic rings. The first-order valence-corrected chi connectivity index (χ1v) is 6.69. The first-order chi connectivity index (χ1) is 9.15. The fourth-order valence-electron chi connectivity index (χ4n) is 2.12. The Morgan fingerprint density at radius 1 is 1.37 bits per heavy atom. The number of fused-ring (bicyclic) bond motifs is 1. The number of aromatic nitrogens is 2. The second-order valence-electron chi connectivity index (χ2n) is 4.36. The number of hydrogen-bond donors (Lipinski definition) is 1. The Kier molecular flexibility index (Phi) is 2.83. The molecule has 2 heterocycles. The third-order valence-corrected chi connectivity index (χ3v) is 3.99. The van der Waals surface area contributed by atoms with Crippen molar-refractivity contribution in [1.29, 1.82) is 0 Å². The predicted octanol–water partition coefficient (Wildman–Crippen LogP) is 3.15. The normalized spacial score (nSPS) is 11.0. The largest absolute Gasteiger partial charge is 0.478 e. The lowest BCUT2D eigenvalue weighted by atomic mass is 10.2. The molecule has 0 aliphatic rings.